The maximum Gasteiger partial charge on any atom is 0.0621 e. The molecular weight excluding hydrogens is 240 g/mol. The van der Waals surface area contributed by atoms with Crippen LogP contribution in [0.2, 0.25) is 0 Å². The zero-order chi connectivity index (χ0) is 13.5. The largest absolute Gasteiger partial charge is 0.380 e. The molecule has 19 heavy (non-hydrogen) atoms. The Balaban J connectivity index is 1.79. The van der Waals surface area contributed by atoms with Gasteiger partial charge in [0.25, 0.3) is 0 Å². The van der Waals surface area contributed by atoms with Crippen molar-refractivity contribution in [1.82, 2.24) is 9.80 Å². The molecule has 112 valence electrons. The Kier molecular flexibility index (Phi) is 6.57. The molecule has 2 heterocycles. The summed E-state index contributed by atoms with van der Waals surface area (Å²) in [6, 6.07) is 1.35. The van der Waals surface area contributed by atoms with Gasteiger partial charge in [-0.25, -0.2) is 0 Å². The molecule has 0 saturated carbocycles. The van der Waals surface area contributed by atoms with Gasteiger partial charge in [-0.3, -0.25) is 9.80 Å². The average Bonchev–Trinajstić information content (AvgIpc) is 2.48. The number of piperazine rings is 1. The predicted octanol–water partition coefficient (Wildman–Crippen LogP) is 1.60. The highest BCUT2D eigenvalue weighted by atomic mass is 16.5. The quantitative estimate of drug-likeness (QED) is 0.685. The SMILES string of the molecule is CCOCCN1CCN([C@@H]2CCCOC2)C[C@@H]1CC. The maximum atomic E-state index is 5.64. The monoisotopic (exact) mass is 270 g/mol. The normalized spacial score (nSPS) is 30.6. The van der Waals surface area contributed by atoms with Crippen LogP contribution in [0.15, 0.2) is 0 Å². The van der Waals surface area contributed by atoms with E-state index in [-0.39, 0.29) is 0 Å². The maximum absolute atomic E-state index is 5.64. The first-order valence-corrected chi connectivity index (χ1v) is 7.98. The second-order valence-corrected chi connectivity index (χ2v) is 5.66. The van der Waals surface area contributed by atoms with Gasteiger partial charge in [-0.1, -0.05) is 6.92 Å². The van der Waals surface area contributed by atoms with Gasteiger partial charge in [0.1, 0.15) is 0 Å². The van der Waals surface area contributed by atoms with Crippen LogP contribution < -0.4 is 0 Å². The third kappa shape index (κ3) is 4.42. The molecular formula is C15H30N2O2. The van der Waals surface area contributed by atoms with Gasteiger partial charge < -0.3 is 9.47 Å². The van der Waals surface area contributed by atoms with Crippen molar-refractivity contribution in [3.63, 3.8) is 0 Å². The lowest BCUT2D eigenvalue weighted by atomic mass is 10.0. The summed E-state index contributed by atoms with van der Waals surface area (Å²) in [7, 11) is 0. The topological polar surface area (TPSA) is 24.9 Å². The predicted molar refractivity (Wildman–Crippen MR) is 77.6 cm³/mol. The Hall–Kier alpha value is -0.160. The molecule has 2 rings (SSSR count). The fourth-order valence-electron chi connectivity index (χ4n) is 3.27. The number of nitrogens with zero attached hydrogens (tertiary/aromatic N) is 2. The van der Waals surface area contributed by atoms with Gasteiger partial charge in [0, 0.05) is 51.5 Å². The average molecular weight is 270 g/mol. The molecule has 0 unspecified atom stereocenters. The molecule has 2 fully saturated rings. The molecule has 0 N–H and O–H groups in total. The van der Waals surface area contributed by atoms with Gasteiger partial charge in [-0.05, 0) is 26.2 Å². The minimum atomic E-state index is 0.664. The highest BCUT2D eigenvalue weighted by Crippen LogP contribution is 2.19. The summed E-state index contributed by atoms with van der Waals surface area (Å²) in [5, 5.41) is 0. The Morgan fingerprint density at radius 2 is 2.16 bits per heavy atom. The number of hydrogen-bond donors (Lipinski definition) is 0. The molecule has 0 aromatic heterocycles. The number of ether oxygens (including phenoxy) is 2. The molecule has 2 atom stereocenters. The van der Waals surface area contributed by atoms with Gasteiger partial charge >= 0.3 is 0 Å². The minimum Gasteiger partial charge on any atom is -0.380 e. The van der Waals surface area contributed by atoms with E-state index in [0.717, 1.165) is 33.0 Å². The number of rotatable bonds is 6. The minimum absolute atomic E-state index is 0.664. The first kappa shape index (κ1) is 15.2. The van der Waals surface area contributed by atoms with Crippen LogP contribution in [0.4, 0.5) is 0 Å². The van der Waals surface area contributed by atoms with E-state index in [0.29, 0.717) is 12.1 Å². The van der Waals surface area contributed by atoms with E-state index in [1.807, 2.05) is 0 Å². The molecule has 2 aliphatic heterocycles. The molecule has 0 amide bonds. The van der Waals surface area contributed by atoms with Gasteiger partial charge in [0.2, 0.25) is 0 Å². The summed E-state index contributed by atoms with van der Waals surface area (Å²) in [6.07, 6.45) is 3.78. The first-order chi connectivity index (χ1) is 9.35. The molecule has 4 nitrogen and oxygen atoms in total. The molecule has 2 saturated heterocycles. The van der Waals surface area contributed by atoms with Gasteiger partial charge in [0.15, 0.2) is 0 Å². The lowest BCUT2D eigenvalue weighted by molar-refractivity contribution is -0.0243. The fourth-order valence-corrected chi connectivity index (χ4v) is 3.27. The van der Waals surface area contributed by atoms with Gasteiger partial charge in [-0.2, -0.15) is 0 Å². The Morgan fingerprint density at radius 1 is 1.26 bits per heavy atom. The van der Waals surface area contributed by atoms with Gasteiger partial charge in [0.05, 0.1) is 13.2 Å². The highest BCUT2D eigenvalue weighted by molar-refractivity contribution is 4.85. The molecule has 4 heteroatoms. The number of hydrogen-bond acceptors (Lipinski definition) is 4. The second-order valence-electron chi connectivity index (χ2n) is 5.66. The standard InChI is InChI=1S/C15H30N2O2/c1-3-14-12-17(15-6-5-10-19-13-15)8-7-16(14)9-11-18-4-2/h14-15H,3-13H2,1-2H3/t14-,15+/m0/s1. The summed E-state index contributed by atoms with van der Waals surface area (Å²) in [6.45, 7) is 12.6. The zero-order valence-electron chi connectivity index (χ0n) is 12.6. The van der Waals surface area contributed by atoms with Crippen molar-refractivity contribution in [3.8, 4) is 0 Å². The molecule has 2 aliphatic rings. The van der Waals surface area contributed by atoms with E-state index in [4.69, 9.17) is 9.47 Å². The van der Waals surface area contributed by atoms with Crippen LogP contribution in [-0.4, -0.2) is 74.5 Å². The summed E-state index contributed by atoms with van der Waals surface area (Å²) < 4.78 is 11.1. The molecule has 0 bridgehead atoms. The van der Waals surface area contributed by atoms with Crippen molar-refractivity contribution in [2.75, 3.05) is 52.6 Å². The molecule has 0 aromatic rings. The molecule has 0 radical (unpaired) electrons. The van der Waals surface area contributed by atoms with Crippen molar-refractivity contribution in [2.24, 2.45) is 0 Å². The Bertz CT molecular complexity index is 244. The summed E-state index contributed by atoms with van der Waals surface area (Å²) in [4.78, 5) is 5.26. The van der Waals surface area contributed by atoms with E-state index < -0.39 is 0 Å². The smallest absolute Gasteiger partial charge is 0.0621 e. The summed E-state index contributed by atoms with van der Waals surface area (Å²) >= 11 is 0. The van der Waals surface area contributed by atoms with Crippen LogP contribution in [0, 0.1) is 0 Å². The zero-order valence-corrected chi connectivity index (χ0v) is 12.6. The highest BCUT2D eigenvalue weighted by Gasteiger charge is 2.30. The fraction of sp³-hybridized carbons (Fsp3) is 1.00. The van der Waals surface area contributed by atoms with Crippen LogP contribution in [0.1, 0.15) is 33.1 Å². The van der Waals surface area contributed by atoms with Crippen LogP contribution in [0.5, 0.6) is 0 Å². The van der Waals surface area contributed by atoms with Crippen molar-refractivity contribution in [3.05, 3.63) is 0 Å². The molecule has 0 aromatic carbocycles. The first-order valence-electron chi connectivity index (χ1n) is 7.98. The van der Waals surface area contributed by atoms with Crippen LogP contribution >= 0.6 is 0 Å². The van der Waals surface area contributed by atoms with Crippen molar-refractivity contribution < 1.29 is 9.47 Å². The van der Waals surface area contributed by atoms with E-state index in [2.05, 4.69) is 23.6 Å². The van der Waals surface area contributed by atoms with Crippen molar-refractivity contribution >= 4 is 0 Å². The lowest BCUT2D eigenvalue weighted by Gasteiger charge is -2.45. The molecule has 0 aliphatic carbocycles. The molecule has 0 spiro atoms. The lowest BCUT2D eigenvalue weighted by Crippen LogP contribution is -2.57. The van der Waals surface area contributed by atoms with Crippen LogP contribution in [0.25, 0.3) is 0 Å². The van der Waals surface area contributed by atoms with E-state index in [1.54, 1.807) is 0 Å². The van der Waals surface area contributed by atoms with Crippen LogP contribution in [0.3, 0.4) is 0 Å². The van der Waals surface area contributed by atoms with E-state index in [9.17, 15) is 0 Å². The second kappa shape index (κ2) is 8.20. The van der Waals surface area contributed by atoms with E-state index >= 15 is 0 Å². The van der Waals surface area contributed by atoms with E-state index in [1.165, 1.54) is 38.9 Å². The van der Waals surface area contributed by atoms with Gasteiger partial charge in [-0.15, -0.1) is 0 Å². The van der Waals surface area contributed by atoms with Crippen LogP contribution in [-0.2, 0) is 9.47 Å². The summed E-state index contributed by atoms with van der Waals surface area (Å²) in [5.74, 6) is 0. The van der Waals surface area contributed by atoms with Crippen molar-refractivity contribution in [1.29, 1.82) is 0 Å². The third-order valence-corrected chi connectivity index (χ3v) is 4.49. The Morgan fingerprint density at radius 3 is 2.84 bits per heavy atom. The third-order valence-electron chi connectivity index (χ3n) is 4.49. The Labute approximate surface area is 118 Å². The summed E-state index contributed by atoms with van der Waals surface area (Å²) in [5.41, 5.74) is 0. The van der Waals surface area contributed by atoms with Crippen molar-refractivity contribution in [2.45, 2.75) is 45.2 Å².